The fraction of sp³-hybridized carbons (Fsp3) is 0.412. The Bertz CT molecular complexity index is 1040. The molecule has 1 aliphatic rings. The first-order valence-electron chi connectivity index (χ1n) is 8.42. The van der Waals surface area contributed by atoms with Gasteiger partial charge in [-0.15, -0.1) is 0 Å². The molecule has 3 rings (SSSR count). The third-order valence-corrected chi connectivity index (χ3v) is 5.88. The number of carbonyl (C=O) groups excluding carboxylic acids is 1. The summed E-state index contributed by atoms with van der Waals surface area (Å²) in [4.78, 5) is 23.3. The van der Waals surface area contributed by atoms with Crippen molar-refractivity contribution < 1.29 is 18.1 Å². The summed E-state index contributed by atoms with van der Waals surface area (Å²) in [6, 6.07) is 4.94. The van der Waals surface area contributed by atoms with Crippen molar-refractivity contribution >= 4 is 27.2 Å². The van der Waals surface area contributed by atoms with Crippen molar-refractivity contribution in [3.8, 4) is 0 Å². The molecular weight excluding hydrogens is 372 g/mol. The van der Waals surface area contributed by atoms with E-state index in [1.54, 1.807) is 25.1 Å². The monoisotopic (exact) mass is 392 g/mol. The van der Waals surface area contributed by atoms with Gasteiger partial charge in [-0.25, -0.2) is 8.42 Å². The van der Waals surface area contributed by atoms with Gasteiger partial charge in [-0.3, -0.25) is 23.9 Å². The van der Waals surface area contributed by atoms with Gasteiger partial charge < -0.3 is 0 Å². The number of rotatable bonds is 5. The lowest BCUT2D eigenvalue weighted by atomic mass is 9.99. The molecule has 0 saturated carbocycles. The van der Waals surface area contributed by atoms with Crippen LogP contribution >= 0.6 is 0 Å². The maximum atomic E-state index is 12.7. The molecule has 0 spiro atoms. The minimum Gasteiger partial charge on any atom is -0.292 e. The Morgan fingerprint density at radius 3 is 2.63 bits per heavy atom. The lowest BCUT2D eigenvalue weighted by Crippen LogP contribution is -2.34. The number of hydrogen-bond acceptors (Lipinski definition) is 6. The second kappa shape index (κ2) is 6.76. The highest BCUT2D eigenvalue weighted by atomic mass is 32.2. The molecule has 0 radical (unpaired) electrons. The Balaban J connectivity index is 1.89. The number of aromatic nitrogens is 2. The van der Waals surface area contributed by atoms with Gasteiger partial charge in [0, 0.05) is 12.1 Å². The third-order valence-electron chi connectivity index (χ3n) is 4.70. The first-order chi connectivity index (χ1) is 12.6. The van der Waals surface area contributed by atoms with Gasteiger partial charge in [-0.05, 0) is 50.5 Å². The molecule has 0 aliphatic carbocycles. The van der Waals surface area contributed by atoms with Crippen LogP contribution in [0.25, 0.3) is 0 Å². The van der Waals surface area contributed by atoms with Crippen molar-refractivity contribution in [1.29, 1.82) is 0 Å². The van der Waals surface area contributed by atoms with Crippen LogP contribution in [0.2, 0.25) is 0 Å². The quantitative estimate of drug-likeness (QED) is 0.437. The molecule has 27 heavy (non-hydrogen) atoms. The summed E-state index contributed by atoms with van der Waals surface area (Å²) in [7, 11) is -3.37. The summed E-state index contributed by atoms with van der Waals surface area (Å²) in [5.74, 6) is -0.241. The van der Waals surface area contributed by atoms with E-state index in [2.05, 4.69) is 5.10 Å². The molecule has 0 N–H and O–H groups in total. The largest absolute Gasteiger partial charge is 0.312 e. The van der Waals surface area contributed by atoms with E-state index in [0.717, 1.165) is 11.8 Å². The summed E-state index contributed by atoms with van der Waals surface area (Å²) < 4.78 is 26.5. The Morgan fingerprint density at radius 1 is 1.33 bits per heavy atom. The number of Topliss-reactive ketones (excluding diaryl/α,β-unsaturated/α-hetero) is 1. The zero-order chi connectivity index (χ0) is 19.9. The molecule has 0 saturated heterocycles. The standard InChI is InChI=1S/C17H20N4O5S/c1-11-17(21(23)24)12(2)19(18-11)10-16(22)14-6-7-15-13(9-14)5-4-8-20(15)27(3,25)26/h6-7,9H,4-5,8,10H2,1-3H3. The summed E-state index contributed by atoms with van der Waals surface area (Å²) in [6.07, 6.45) is 2.53. The number of nitrogens with zero attached hydrogens (tertiary/aromatic N) is 4. The minimum absolute atomic E-state index is 0.0861. The van der Waals surface area contributed by atoms with Gasteiger partial charge in [0.1, 0.15) is 17.9 Å². The van der Waals surface area contributed by atoms with Crippen molar-refractivity contribution in [3.05, 3.63) is 50.8 Å². The fourth-order valence-corrected chi connectivity index (χ4v) is 4.41. The molecule has 9 nitrogen and oxygen atoms in total. The molecule has 0 atom stereocenters. The summed E-state index contributed by atoms with van der Waals surface area (Å²) in [5.41, 5.74) is 2.34. The molecule has 0 bridgehead atoms. The zero-order valence-corrected chi connectivity index (χ0v) is 16.1. The number of ketones is 1. The predicted octanol–water partition coefficient (Wildman–Crippen LogP) is 2.00. The Kier molecular flexibility index (Phi) is 4.77. The number of sulfonamides is 1. The molecule has 1 aromatic carbocycles. The van der Waals surface area contributed by atoms with E-state index < -0.39 is 14.9 Å². The first-order valence-corrected chi connectivity index (χ1v) is 10.3. The summed E-state index contributed by atoms with van der Waals surface area (Å²) >= 11 is 0. The van der Waals surface area contributed by atoms with E-state index in [1.165, 1.54) is 15.9 Å². The molecule has 144 valence electrons. The van der Waals surface area contributed by atoms with Crippen LogP contribution in [0.3, 0.4) is 0 Å². The van der Waals surface area contributed by atoms with Crippen molar-refractivity contribution in [2.24, 2.45) is 0 Å². The van der Waals surface area contributed by atoms with Crippen LogP contribution < -0.4 is 4.31 Å². The van der Waals surface area contributed by atoms with Crippen LogP contribution in [0.4, 0.5) is 11.4 Å². The van der Waals surface area contributed by atoms with E-state index >= 15 is 0 Å². The smallest absolute Gasteiger partial charge is 0.292 e. The van der Waals surface area contributed by atoms with Crippen LogP contribution in [0.1, 0.15) is 33.7 Å². The van der Waals surface area contributed by atoms with Crippen LogP contribution in [-0.2, 0) is 23.0 Å². The Morgan fingerprint density at radius 2 is 2.04 bits per heavy atom. The molecule has 1 aromatic heterocycles. The molecule has 0 unspecified atom stereocenters. The highest BCUT2D eigenvalue weighted by molar-refractivity contribution is 7.92. The van der Waals surface area contributed by atoms with E-state index in [9.17, 15) is 23.3 Å². The number of nitro groups is 1. The zero-order valence-electron chi connectivity index (χ0n) is 15.3. The summed E-state index contributed by atoms with van der Waals surface area (Å²) in [5, 5.41) is 15.2. The second-order valence-electron chi connectivity index (χ2n) is 6.64. The molecular formula is C17H20N4O5S. The predicted molar refractivity (Wildman–Crippen MR) is 99.6 cm³/mol. The first kappa shape index (κ1) is 19.0. The van der Waals surface area contributed by atoms with Gasteiger partial charge in [-0.1, -0.05) is 0 Å². The third kappa shape index (κ3) is 3.57. The highest BCUT2D eigenvalue weighted by Crippen LogP contribution is 2.30. The normalized spacial score (nSPS) is 14.1. The van der Waals surface area contributed by atoms with Crippen LogP contribution in [0.5, 0.6) is 0 Å². The van der Waals surface area contributed by atoms with Gasteiger partial charge >= 0.3 is 5.69 Å². The van der Waals surface area contributed by atoms with E-state index in [0.29, 0.717) is 36.3 Å². The van der Waals surface area contributed by atoms with Crippen LogP contribution in [0, 0.1) is 24.0 Å². The topological polar surface area (TPSA) is 115 Å². The Labute approximate surface area is 156 Å². The number of aryl methyl sites for hydroxylation is 2. The van der Waals surface area contributed by atoms with Crippen LogP contribution in [0.15, 0.2) is 18.2 Å². The van der Waals surface area contributed by atoms with Gasteiger partial charge in [0.05, 0.1) is 16.9 Å². The van der Waals surface area contributed by atoms with Gasteiger partial charge in [0.25, 0.3) is 0 Å². The lowest BCUT2D eigenvalue weighted by Gasteiger charge is -2.29. The van der Waals surface area contributed by atoms with E-state index in [4.69, 9.17) is 0 Å². The fourth-order valence-electron chi connectivity index (χ4n) is 3.41. The molecule has 2 heterocycles. The molecule has 0 amide bonds. The van der Waals surface area contributed by atoms with Gasteiger partial charge in [-0.2, -0.15) is 5.10 Å². The van der Waals surface area contributed by atoms with Gasteiger partial charge in [0.2, 0.25) is 10.0 Å². The average Bonchev–Trinajstić information content (AvgIpc) is 2.86. The molecule has 1 aliphatic heterocycles. The minimum atomic E-state index is -3.37. The van der Waals surface area contributed by atoms with Gasteiger partial charge in [0.15, 0.2) is 5.78 Å². The van der Waals surface area contributed by atoms with Crippen molar-refractivity contribution in [2.45, 2.75) is 33.2 Å². The number of hydrogen-bond donors (Lipinski definition) is 0. The van der Waals surface area contributed by atoms with Crippen molar-refractivity contribution in [3.63, 3.8) is 0 Å². The number of carbonyl (C=O) groups is 1. The van der Waals surface area contributed by atoms with Crippen molar-refractivity contribution in [2.75, 3.05) is 17.1 Å². The van der Waals surface area contributed by atoms with E-state index in [-0.39, 0.29) is 23.7 Å². The SMILES string of the molecule is Cc1nn(CC(=O)c2ccc3c(c2)CCCN3S(C)(=O)=O)c(C)c1[N+](=O)[O-]. The molecule has 10 heteroatoms. The molecule has 0 fully saturated rings. The summed E-state index contributed by atoms with van der Waals surface area (Å²) in [6.45, 7) is 3.40. The second-order valence-corrected chi connectivity index (χ2v) is 8.55. The van der Waals surface area contributed by atoms with Crippen LogP contribution in [-0.4, -0.2) is 41.7 Å². The molecule has 2 aromatic rings. The average molecular weight is 392 g/mol. The van der Waals surface area contributed by atoms with E-state index in [1.807, 2.05) is 0 Å². The highest BCUT2D eigenvalue weighted by Gasteiger charge is 2.26. The number of anilines is 1. The number of fused-ring (bicyclic) bond motifs is 1. The maximum Gasteiger partial charge on any atom is 0.312 e. The number of benzene rings is 1. The van der Waals surface area contributed by atoms with Crippen molar-refractivity contribution in [1.82, 2.24) is 9.78 Å². The maximum absolute atomic E-state index is 12.7. The Hall–Kier alpha value is -2.75. The lowest BCUT2D eigenvalue weighted by molar-refractivity contribution is -0.386.